The number of fused-ring (bicyclic) bond motifs is 5. The van der Waals surface area contributed by atoms with Crippen molar-refractivity contribution in [2.75, 3.05) is 12.1 Å². The zero-order valence-corrected chi connectivity index (χ0v) is 23.3. The maximum absolute atomic E-state index is 12.9. The number of anilines is 1. The Morgan fingerprint density at radius 3 is 2.52 bits per heavy atom. The molecule has 42 heavy (non-hydrogen) atoms. The number of carboxylic acid groups (broad SMARTS) is 1. The average Bonchev–Trinajstić information content (AvgIpc) is 3.69. The van der Waals surface area contributed by atoms with Gasteiger partial charge in [0, 0.05) is 18.4 Å². The first-order valence-corrected chi connectivity index (χ1v) is 14.3. The average molecular weight is 559 g/mol. The number of ether oxygens (including phenoxy) is 2. The van der Waals surface area contributed by atoms with Gasteiger partial charge < -0.3 is 24.5 Å². The van der Waals surface area contributed by atoms with Crippen molar-refractivity contribution < 1.29 is 24.2 Å². The summed E-state index contributed by atoms with van der Waals surface area (Å²) in [6.07, 6.45) is 2.80. The Hall–Kier alpha value is -5.04. The molecule has 7 nitrogen and oxygen atoms in total. The number of amides is 1. The summed E-state index contributed by atoms with van der Waals surface area (Å²) < 4.78 is 12.9. The Bertz CT molecular complexity index is 1890. The van der Waals surface area contributed by atoms with E-state index in [0.717, 1.165) is 41.5 Å². The van der Waals surface area contributed by atoms with E-state index in [1.807, 2.05) is 47.9 Å². The quantitative estimate of drug-likeness (QED) is 0.202. The van der Waals surface area contributed by atoms with Crippen LogP contribution in [0.2, 0.25) is 0 Å². The number of nitrogens with zero attached hydrogens (tertiary/aromatic N) is 1. The molecule has 0 saturated carbocycles. The third kappa shape index (κ3) is 4.47. The van der Waals surface area contributed by atoms with Gasteiger partial charge in [0.05, 0.1) is 11.2 Å². The molecule has 1 aliphatic heterocycles. The number of aromatic carboxylic acids is 1. The van der Waals surface area contributed by atoms with Crippen molar-refractivity contribution >= 4 is 28.5 Å². The molecule has 2 N–H and O–H groups in total. The van der Waals surface area contributed by atoms with Crippen molar-refractivity contribution in [1.29, 1.82) is 0 Å². The fourth-order valence-electron chi connectivity index (χ4n) is 6.14. The Morgan fingerprint density at radius 2 is 1.67 bits per heavy atom. The molecule has 0 bridgehead atoms. The summed E-state index contributed by atoms with van der Waals surface area (Å²) in [6.45, 7) is 2.56. The van der Waals surface area contributed by atoms with Crippen LogP contribution >= 0.6 is 0 Å². The molecule has 0 radical (unpaired) electrons. The number of rotatable bonds is 8. The Balaban J connectivity index is 1.34. The molecule has 7 heteroatoms. The lowest BCUT2D eigenvalue weighted by Crippen LogP contribution is -2.16. The monoisotopic (exact) mass is 558 g/mol. The molecular formula is C35H30N2O5. The lowest BCUT2D eigenvalue weighted by molar-refractivity contribution is -0.116. The number of unbranched alkanes of at least 4 members (excludes halogenated alkanes) is 1. The van der Waals surface area contributed by atoms with Crippen LogP contribution in [0.15, 0.2) is 78.9 Å². The second kappa shape index (κ2) is 10.4. The fourth-order valence-corrected chi connectivity index (χ4v) is 6.14. The molecule has 5 aromatic rings. The van der Waals surface area contributed by atoms with Crippen molar-refractivity contribution in [3.63, 3.8) is 0 Å². The number of carboxylic acids is 1. The van der Waals surface area contributed by atoms with Crippen molar-refractivity contribution in [2.24, 2.45) is 0 Å². The number of hydrogen-bond donors (Lipinski definition) is 2. The highest BCUT2D eigenvalue weighted by Crippen LogP contribution is 2.40. The molecule has 1 aliphatic carbocycles. The summed E-state index contributed by atoms with van der Waals surface area (Å²) in [5, 5.41) is 14.1. The molecule has 7 rings (SSSR count). The van der Waals surface area contributed by atoms with Crippen LogP contribution in [0.3, 0.4) is 0 Å². The molecule has 0 saturated heterocycles. The van der Waals surface area contributed by atoms with Gasteiger partial charge >= 0.3 is 5.97 Å². The first-order valence-electron chi connectivity index (χ1n) is 14.3. The summed E-state index contributed by atoms with van der Waals surface area (Å²) in [5.74, 6) is 0.105. The number of aromatic nitrogens is 1. The van der Waals surface area contributed by atoms with Gasteiger partial charge in [0.25, 0.3) is 0 Å². The summed E-state index contributed by atoms with van der Waals surface area (Å²) in [5.41, 5.74) is 8.98. The maximum atomic E-state index is 12.9. The second-order valence-electron chi connectivity index (χ2n) is 10.9. The van der Waals surface area contributed by atoms with Crippen molar-refractivity contribution in [3.8, 4) is 33.8 Å². The van der Waals surface area contributed by atoms with Crippen molar-refractivity contribution in [1.82, 2.24) is 4.57 Å². The SMILES string of the molecule is CCCCC(=O)Nc1c(C(=O)O)n(Cc2ccc3c(c2)Cc2ccccc2-3)c2cc(-c3ccc4c(c3)OCO4)ccc12. The number of carbonyl (C=O) groups excluding carboxylic acids is 1. The highest BCUT2D eigenvalue weighted by atomic mass is 16.7. The first kappa shape index (κ1) is 25.9. The van der Waals surface area contributed by atoms with Crippen LogP contribution in [0.1, 0.15) is 53.4 Å². The number of carbonyl (C=O) groups is 2. The van der Waals surface area contributed by atoms with Crippen molar-refractivity contribution in [2.45, 2.75) is 39.2 Å². The smallest absolute Gasteiger partial charge is 0.354 e. The van der Waals surface area contributed by atoms with Gasteiger partial charge in [-0.05, 0) is 70.0 Å². The van der Waals surface area contributed by atoms with Crippen LogP contribution in [-0.4, -0.2) is 28.3 Å². The van der Waals surface area contributed by atoms with E-state index in [0.29, 0.717) is 35.5 Å². The third-order valence-corrected chi connectivity index (χ3v) is 8.19. The molecule has 210 valence electrons. The predicted octanol–water partition coefficient (Wildman–Crippen LogP) is 7.48. The first-order chi connectivity index (χ1) is 20.5. The molecule has 1 amide bonds. The second-order valence-corrected chi connectivity index (χ2v) is 10.9. The van der Waals surface area contributed by atoms with Crippen LogP contribution < -0.4 is 14.8 Å². The Labute approximate surface area is 243 Å². The van der Waals surface area contributed by atoms with Gasteiger partial charge in [0.15, 0.2) is 17.2 Å². The molecule has 2 aliphatic rings. The normalized spacial score (nSPS) is 12.8. The minimum atomic E-state index is -1.09. The lowest BCUT2D eigenvalue weighted by atomic mass is 10.0. The van der Waals surface area contributed by atoms with Crippen LogP contribution in [0.4, 0.5) is 5.69 Å². The van der Waals surface area contributed by atoms with Gasteiger partial charge in [0.1, 0.15) is 0 Å². The molecule has 1 aromatic heterocycles. The van der Waals surface area contributed by atoms with E-state index in [1.165, 1.54) is 22.3 Å². The predicted molar refractivity (Wildman–Crippen MR) is 162 cm³/mol. The third-order valence-electron chi connectivity index (χ3n) is 8.19. The largest absolute Gasteiger partial charge is 0.477 e. The van der Waals surface area contributed by atoms with Crippen LogP contribution in [0.5, 0.6) is 11.5 Å². The minimum absolute atomic E-state index is 0.0708. The van der Waals surface area contributed by atoms with E-state index >= 15 is 0 Å². The highest BCUT2D eigenvalue weighted by molar-refractivity contribution is 6.11. The number of benzene rings is 4. The zero-order chi connectivity index (χ0) is 28.8. The summed E-state index contributed by atoms with van der Waals surface area (Å²) in [6, 6.07) is 26.4. The molecule has 4 aromatic carbocycles. The van der Waals surface area contributed by atoms with E-state index in [2.05, 4.69) is 47.8 Å². The van der Waals surface area contributed by atoms with Gasteiger partial charge in [0.2, 0.25) is 12.7 Å². The number of nitrogens with one attached hydrogen (secondary N) is 1. The van der Waals surface area contributed by atoms with E-state index in [9.17, 15) is 14.7 Å². The topological polar surface area (TPSA) is 89.8 Å². The van der Waals surface area contributed by atoms with E-state index in [1.54, 1.807) is 0 Å². The van der Waals surface area contributed by atoms with Crippen LogP contribution in [0.25, 0.3) is 33.2 Å². The van der Waals surface area contributed by atoms with Crippen molar-refractivity contribution in [3.05, 3.63) is 101 Å². The Kier molecular flexibility index (Phi) is 6.42. The van der Waals surface area contributed by atoms with E-state index in [-0.39, 0.29) is 18.4 Å². The summed E-state index contributed by atoms with van der Waals surface area (Å²) in [7, 11) is 0. The fraction of sp³-hybridized carbons (Fsp3) is 0.200. The highest BCUT2D eigenvalue weighted by Gasteiger charge is 2.26. The maximum Gasteiger partial charge on any atom is 0.354 e. The van der Waals surface area contributed by atoms with E-state index < -0.39 is 5.97 Å². The van der Waals surface area contributed by atoms with Gasteiger partial charge in [-0.15, -0.1) is 0 Å². The summed E-state index contributed by atoms with van der Waals surface area (Å²) in [4.78, 5) is 25.7. The Morgan fingerprint density at radius 1 is 0.881 bits per heavy atom. The molecule has 0 unspecified atom stereocenters. The lowest BCUT2D eigenvalue weighted by Gasteiger charge is -2.12. The molecule has 0 fully saturated rings. The van der Waals surface area contributed by atoms with Gasteiger partial charge in [-0.3, -0.25) is 4.79 Å². The van der Waals surface area contributed by atoms with Crippen LogP contribution in [-0.2, 0) is 17.8 Å². The molecular weight excluding hydrogens is 528 g/mol. The van der Waals surface area contributed by atoms with Gasteiger partial charge in [-0.2, -0.15) is 0 Å². The molecule has 0 spiro atoms. The standard InChI is InChI=1S/C35H30N2O5/c1-2-3-8-32(38)36-33-28-13-10-22(23-11-14-30-31(18-23)42-20-41-30)17-29(28)37(34(33)35(39)40)19-21-9-12-27-25(15-21)16-24-6-4-5-7-26(24)27/h4-7,9-15,17-18H,2-3,8,16,19-20H2,1H3,(H,36,38)(H,39,40). The minimum Gasteiger partial charge on any atom is -0.477 e. The number of hydrogen-bond acceptors (Lipinski definition) is 4. The summed E-state index contributed by atoms with van der Waals surface area (Å²) >= 11 is 0. The van der Waals surface area contributed by atoms with Crippen LogP contribution in [0, 0.1) is 0 Å². The van der Waals surface area contributed by atoms with E-state index in [4.69, 9.17) is 9.47 Å². The zero-order valence-electron chi connectivity index (χ0n) is 23.3. The molecule has 2 heterocycles. The van der Waals surface area contributed by atoms with Gasteiger partial charge in [-0.25, -0.2) is 4.79 Å². The molecule has 0 atom stereocenters. The van der Waals surface area contributed by atoms with Gasteiger partial charge in [-0.1, -0.05) is 74.0 Å².